The Morgan fingerprint density at radius 2 is 1.54 bits per heavy atom. The Balaban J connectivity index is 3.14. The van der Waals surface area contributed by atoms with Crippen LogP contribution in [0, 0.1) is 0 Å². The maximum Gasteiger partial charge on any atom is 0.243 e. The number of rotatable bonds is 20. The number of nitrogens with two attached hydrogens (primary N) is 1. The second-order valence-corrected chi connectivity index (χ2v) is 7.21. The third kappa shape index (κ3) is 20.1. The number of halogens is 1. The second kappa shape index (κ2) is 21.1. The highest BCUT2D eigenvalue weighted by molar-refractivity contribution is 14.1. The van der Waals surface area contributed by atoms with Gasteiger partial charge in [-0.05, 0) is 36.2 Å². The van der Waals surface area contributed by atoms with Crippen LogP contribution >= 0.6 is 22.6 Å². The minimum atomic E-state index is -0.152. The van der Waals surface area contributed by atoms with E-state index in [0.29, 0.717) is 46.2 Å². The van der Waals surface area contributed by atoms with E-state index in [4.69, 9.17) is 19.9 Å². The Hall–Kier alpha value is -0.220. The number of alkyl halides is 1. The summed E-state index contributed by atoms with van der Waals surface area (Å²) < 4.78 is 17.6. The highest BCUT2D eigenvalue weighted by atomic mass is 127. The van der Waals surface area contributed by atoms with Crippen molar-refractivity contribution in [3.8, 4) is 0 Å². The number of unbranched alkanes of at least 4 members (excludes halogenated alkanes) is 3. The molecule has 0 radical (unpaired) electrons. The summed E-state index contributed by atoms with van der Waals surface area (Å²) in [4.78, 5) is 10.9. The number of nitrogens with one attached hydrogen (secondary N) is 1. The number of hydrogen-bond acceptors (Lipinski definition) is 5. The van der Waals surface area contributed by atoms with Gasteiger partial charge in [-0.15, -0.1) is 0 Å². The largest absolute Gasteiger partial charge is 0.379 e. The van der Waals surface area contributed by atoms with E-state index in [-0.39, 0.29) is 11.9 Å². The van der Waals surface area contributed by atoms with Crippen molar-refractivity contribution in [1.29, 1.82) is 0 Å². The first-order valence-electron chi connectivity index (χ1n) is 9.65. The third-order valence-corrected chi connectivity index (χ3v) is 4.55. The molecule has 0 rings (SSSR count). The fourth-order valence-electron chi connectivity index (χ4n) is 2.23. The molecule has 0 bridgehead atoms. The van der Waals surface area contributed by atoms with Crippen molar-refractivity contribution in [2.24, 2.45) is 5.73 Å². The minimum Gasteiger partial charge on any atom is -0.379 e. The van der Waals surface area contributed by atoms with E-state index in [1.54, 1.807) is 0 Å². The van der Waals surface area contributed by atoms with E-state index < -0.39 is 0 Å². The van der Waals surface area contributed by atoms with E-state index in [9.17, 15) is 4.79 Å². The lowest BCUT2D eigenvalue weighted by Gasteiger charge is -2.12. The monoisotopic (exact) mass is 484 g/mol. The number of hydrogen-bond donors (Lipinski definition) is 2. The van der Waals surface area contributed by atoms with Gasteiger partial charge in [0.2, 0.25) is 5.91 Å². The zero-order valence-electron chi connectivity index (χ0n) is 16.1. The van der Waals surface area contributed by atoms with E-state index in [2.05, 4.69) is 34.5 Å². The van der Waals surface area contributed by atoms with E-state index in [1.807, 2.05) is 0 Å². The SMILES string of the molecule is C=CC(=O)NCCCOCCOCCOCCC(N)CCCCCCI. The molecule has 0 aliphatic heterocycles. The fourth-order valence-corrected chi connectivity index (χ4v) is 2.77. The highest BCUT2D eigenvalue weighted by Crippen LogP contribution is 2.07. The van der Waals surface area contributed by atoms with Crippen molar-refractivity contribution in [3.05, 3.63) is 12.7 Å². The van der Waals surface area contributed by atoms with Gasteiger partial charge in [-0.25, -0.2) is 0 Å². The third-order valence-electron chi connectivity index (χ3n) is 3.79. The normalized spacial score (nSPS) is 12.1. The number of amides is 1. The Morgan fingerprint density at radius 3 is 2.19 bits per heavy atom. The lowest BCUT2D eigenvalue weighted by Crippen LogP contribution is -2.23. The molecule has 0 heterocycles. The second-order valence-electron chi connectivity index (χ2n) is 6.13. The van der Waals surface area contributed by atoms with Crippen molar-refractivity contribution in [3.63, 3.8) is 0 Å². The minimum absolute atomic E-state index is 0.152. The van der Waals surface area contributed by atoms with Gasteiger partial charge >= 0.3 is 0 Å². The predicted octanol–water partition coefficient (Wildman–Crippen LogP) is 2.83. The van der Waals surface area contributed by atoms with E-state index >= 15 is 0 Å². The quantitative estimate of drug-likeness (QED) is 0.120. The molecule has 0 aliphatic carbocycles. The molecule has 1 amide bonds. The summed E-state index contributed by atoms with van der Waals surface area (Å²) in [5, 5.41) is 2.70. The first-order chi connectivity index (χ1) is 12.7. The van der Waals surface area contributed by atoms with Gasteiger partial charge in [0.25, 0.3) is 0 Å². The molecule has 0 fully saturated rings. The smallest absolute Gasteiger partial charge is 0.243 e. The van der Waals surface area contributed by atoms with Crippen molar-refractivity contribution < 1.29 is 19.0 Å². The number of carbonyl (C=O) groups is 1. The summed E-state index contributed by atoms with van der Waals surface area (Å²) in [7, 11) is 0. The molecule has 0 aromatic heterocycles. The van der Waals surface area contributed by atoms with Gasteiger partial charge in [0.05, 0.1) is 26.4 Å². The first kappa shape index (κ1) is 25.8. The molecule has 0 aromatic carbocycles. The average Bonchev–Trinajstić information content (AvgIpc) is 2.65. The van der Waals surface area contributed by atoms with Crippen LogP contribution in [0.2, 0.25) is 0 Å². The first-order valence-corrected chi connectivity index (χ1v) is 11.2. The fraction of sp³-hybridized carbons (Fsp3) is 0.842. The van der Waals surface area contributed by atoms with Crippen LogP contribution in [0.25, 0.3) is 0 Å². The summed E-state index contributed by atoms with van der Waals surface area (Å²) in [5.41, 5.74) is 6.09. The van der Waals surface area contributed by atoms with Gasteiger partial charge in [0, 0.05) is 25.8 Å². The molecule has 0 aliphatic rings. The topological polar surface area (TPSA) is 82.8 Å². The molecule has 0 saturated heterocycles. The van der Waals surface area contributed by atoms with Crippen molar-refractivity contribution in [2.75, 3.05) is 50.6 Å². The van der Waals surface area contributed by atoms with Crippen LogP contribution in [-0.4, -0.2) is 62.6 Å². The average molecular weight is 484 g/mol. The van der Waals surface area contributed by atoms with Crippen molar-refractivity contribution in [2.45, 2.75) is 51.0 Å². The van der Waals surface area contributed by atoms with Gasteiger partial charge in [-0.3, -0.25) is 4.79 Å². The maximum absolute atomic E-state index is 10.9. The van der Waals surface area contributed by atoms with Crippen molar-refractivity contribution >= 4 is 28.5 Å². The predicted molar refractivity (Wildman–Crippen MR) is 115 cm³/mol. The molecule has 6 nitrogen and oxygen atoms in total. The van der Waals surface area contributed by atoms with E-state index in [0.717, 1.165) is 19.3 Å². The summed E-state index contributed by atoms with van der Waals surface area (Å²) in [5.74, 6) is -0.152. The van der Waals surface area contributed by atoms with Crippen LogP contribution in [0.4, 0.5) is 0 Å². The van der Waals surface area contributed by atoms with Crippen LogP contribution in [0.3, 0.4) is 0 Å². The maximum atomic E-state index is 10.9. The van der Waals surface area contributed by atoms with Crippen LogP contribution in [0.5, 0.6) is 0 Å². The molecule has 154 valence electrons. The summed E-state index contributed by atoms with van der Waals surface area (Å²) in [6.45, 7) is 7.56. The molecule has 1 atom stereocenters. The molecule has 3 N–H and O–H groups in total. The van der Waals surface area contributed by atoms with Crippen LogP contribution in [0.1, 0.15) is 44.9 Å². The van der Waals surface area contributed by atoms with Gasteiger partial charge in [0.15, 0.2) is 0 Å². The van der Waals surface area contributed by atoms with E-state index in [1.165, 1.54) is 36.2 Å². The van der Waals surface area contributed by atoms with Crippen LogP contribution in [0.15, 0.2) is 12.7 Å². The van der Waals surface area contributed by atoms with Crippen molar-refractivity contribution in [1.82, 2.24) is 5.32 Å². The highest BCUT2D eigenvalue weighted by Gasteiger charge is 2.02. The lowest BCUT2D eigenvalue weighted by atomic mass is 10.1. The molecule has 7 heteroatoms. The summed E-state index contributed by atoms with van der Waals surface area (Å²) >= 11 is 2.42. The van der Waals surface area contributed by atoms with Crippen LogP contribution in [-0.2, 0) is 19.0 Å². The molecule has 0 aromatic rings. The van der Waals surface area contributed by atoms with Gasteiger partial charge in [0.1, 0.15) is 0 Å². The number of carbonyl (C=O) groups excluding carboxylic acids is 1. The van der Waals surface area contributed by atoms with Crippen LogP contribution < -0.4 is 11.1 Å². The Labute approximate surface area is 172 Å². The van der Waals surface area contributed by atoms with Gasteiger partial charge in [-0.1, -0.05) is 48.4 Å². The zero-order valence-corrected chi connectivity index (χ0v) is 18.2. The number of ether oxygens (including phenoxy) is 3. The molecular formula is C19H37IN2O4. The molecule has 1 unspecified atom stereocenters. The standard InChI is InChI=1S/C19H37IN2O4/c1-2-19(23)22-11-7-12-24-14-16-26-17-15-25-13-9-18(21)8-5-3-4-6-10-20/h2,18H,1,3-17,21H2,(H,22,23). The van der Waals surface area contributed by atoms with Gasteiger partial charge in [-0.2, -0.15) is 0 Å². The molecular weight excluding hydrogens is 447 g/mol. The molecule has 0 saturated carbocycles. The Morgan fingerprint density at radius 1 is 0.923 bits per heavy atom. The lowest BCUT2D eigenvalue weighted by molar-refractivity contribution is -0.116. The summed E-state index contributed by atoms with van der Waals surface area (Å²) in [6, 6.07) is 0.250. The molecule has 26 heavy (non-hydrogen) atoms. The zero-order chi connectivity index (χ0) is 19.3. The summed E-state index contributed by atoms with van der Waals surface area (Å²) in [6.07, 6.45) is 9.20. The Bertz CT molecular complexity index is 333. The molecule has 0 spiro atoms. The Kier molecular flexibility index (Phi) is 20.9. The van der Waals surface area contributed by atoms with Gasteiger partial charge < -0.3 is 25.3 Å².